The van der Waals surface area contributed by atoms with Crippen molar-refractivity contribution in [3.8, 4) is 0 Å². The molecule has 2 amide bonds. The maximum absolute atomic E-state index is 13.4. The maximum atomic E-state index is 13.4. The molecule has 3 rings (SSSR count). The van der Waals surface area contributed by atoms with Gasteiger partial charge in [-0.2, -0.15) is 0 Å². The Bertz CT molecular complexity index is 656. The van der Waals surface area contributed by atoms with Crippen LogP contribution in [0.15, 0.2) is 30.4 Å². The maximum Gasteiger partial charge on any atom is 0.251 e. The van der Waals surface area contributed by atoms with Crippen molar-refractivity contribution in [2.24, 2.45) is 17.8 Å². The molecule has 2 bridgehead atoms. The van der Waals surface area contributed by atoms with E-state index in [1.807, 2.05) is 0 Å². The highest BCUT2D eigenvalue weighted by molar-refractivity contribution is 5.94. The number of nitrogens with one attached hydrogen (secondary N) is 2. The fourth-order valence-electron chi connectivity index (χ4n) is 3.41. The normalized spacial score (nSPS) is 24.7. The Labute approximate surface area is 135 Å². The van der Waals surface area contributed by atoms with Gasteiger partial charge >= 0.3 is 0 Å². The van der Waals surface area contributed by atoms with Crippen molar-refractivity contribution in [3.63, 3.8) is 0 Å². The minimum Gasteiger partial charge on any atom is -0.354 e. The predicted octanol–water partition coefficient (Wildman–Crippen LogP) is 2.19. The number of amides is 2. The van der Waals surface area contributed by atoms with E-state index in [1.54, 1.807) is 19.1 Å². The molecular formula is C18H21FN2O2. The Morgan fingerprint density at radius 2 is 1.96 bits per heavy atom. The molecule has 2 aliphatic carbocycles. The van der Waals surface area contributed by atoms with Crippen LogP contribution in [0, 0.1) is 30.5 Å². The van der Waals surface area contributed by atoms with E-state index in [0.717, 1.165) is 12.8 Å². The van der Waals surface area contributed by atoms with Crippen LogP contribution < -0.4 is 10.6 Å². The molecule has 1 aromatic rings. The van der Waals surface area contributed by atoms with E-state index in [-0.39, 0.29) is 23.3 Å². The van der Waals surface area contributed by atoms with Gasteiger partial charge in [0.25, 0.3) is 5.91 Å². The summed E-state index contributed by atoms with van der Waals surface area (Å²) in [5.41, 5.74) is 0.798. The summed E-state index contributed by atoms with van der Waals surface area (Å²) in [6.07, 6.45) is 6.37. The third-order valence-electron chi connectivity index (χ3n) is 4.76. The minimum atomic E-state index is -0.393. The van der Waals surface area contributed by atoms with E-state index < -0.39 is 5.82 Å². The zero-order chi connectivity index (χ0) is 16.4. The van der Waals surface area contributed by atoms with Gasteiger partial charge in [0.15, 0.2) is 0 Å². The summed E-state index contributed by atoms with van der Waals surface area (Å²) in [5.74, 6) is 0.359. The van der Waals surface area contributed by atoms with Crippen molar-refractivity contribution in [2.45, 2.75) is 19.8 Å². The highest BCUT2D eigenvalue weighted by Crippen LogP contribution is 2.43. The lowest BCUT2D eigenvalue weighted by Crippen LogP contribution is -2.38. The van der Waals surface area contributed by atoms with Crippen LogP contribution in [-0.4, -0.2) is 24.9 Å². The van der Waals surface area contributed by atoms with Crippen molar-refractivity contribution in [2.75, 3.05) is 13.1 Å². The monoisotopic (exact) mass is 316 g/mol. The fourth-order valence-corrected chi connectivity index (χ4v) is 3.41. The van der Waals surface area contributed by atoms with Crippen LogP contribution in [0.25, 0.3) is 0 Å². The molecule has 0 saturated heterocycles. The lowest BCUT2D eigenvalue weighted by atomic mass is 9.93. The molecule has 0 aliphatic heterocycles. The molecule has 23 heavy (non-hydrogen) atoms. The summed E-state index contributed by atoms with van der Waals surface area (Å²) in [7, 11) is 0. The van der Waals surface area contributed by atoms with E-state index in [1.165, 1.54) is 6.07 Å². The minimum absolute atomic E-state index is 0.0671. The van der Waals surface area contributed by atoms with Crippen LogP contribution in [0.4, 0.5) is 4.39 Å². The van der Waals surface area contributed by atoms with Crippen LogP contribution in [0.1, 0.15) is 28.8 Å². The number of hydrogen-bond acceptors (Lipinski definition) is 2. The Morgan fingerprint density at radius 3 is 2.61 bits per heavy atom. The Hall–Kier alpha value is -2.17. The summed E-state index contributed by atoms with van der Waals surface area (Å²) in [6.45, 7) is 2.37. The molecule has 0 heterocycles. The molecule has 2 N–H and O–H groups in total. The molecule has 4 nitrogen and oxygen atoms in total. The highest BCUT2D eigenvalue weighted by atomic mass is 19.1. The van der Waals surface area contributed by atoms with Crippen LogP contribution in [0.2, 0.25) is 0 Å². The summed E-state index contributed by atoms with van der Waals surface area (Å²) in [6, 6.07) is 4.40. The second-order valence-corrected chi connectivity index (χ2v) is 6.40. The van der Waals surface area contributed by atoms with Gasteiger partial charge in [-0.3, -0.25) is 9.59 Å². The predicted molar refractivity (Wildman–Crippen MR) is 85.3 cm³/mol. The third kappa shape index (κ3) is 3.44. The summed E-state index contributed by atoms with van der Waals surface area (Å²) >= 11 is 0. The van der Waals surface area contributed by atoms with Crippen LogP contribution in [-0.2, 0) is 4.79 Å². The first-order valence-electron chi connectivity index (χ1n) is 8.05. The van der Waals surface area contributed by atoms with E-state index in [4.69, 9.17) is 0 Å². The molecule has 0 unspecified atom stereocenters. The number of benzene rings is 1. The largest absolute Gasteiger partial charge is 0.354 e. The van der Waals surface area contributed by atoms with Crippen molar-refractivity contribution >= 4 is 11.8 Å². The molecular weight excluding hydrogens is 295 g/mol. The van der Waals surface area contributed by atoms with Crippen molar-refractivity contribution in [1.29, 1.82) is 0 Å². The van der Waals surface area contributed by atoms with E-state index in [9.17, 15) is 14.0 Å². The molecule has 0 aromatic heterocycles. The van der Waals surface area contributed by atoms with E-state index in [0.29, 0.717) is 30.5 Å². The van der Waals surface area contributed by atoms with Gasteiger partial charge in [-0.25, -0.2) is 4.39 Å². The average Bonchev–Trinajstić information content (AvgIpc) is 3.16. The van der Waals surface area contributed by atoms with Crippen molar-refractivity contribution in [3.05, 3.63) is 47.3 Å². The van der Waals surface area contributed by atoms with Gasteiger partial charge in [0.2, 0.25) is 5.91 Å². The molecule has 0 radical (unpaired) electrons. The standard InChI is InChI=1S/C18H21FN2O2/c1-11-2-4-14(10-16(11)19)17(22)20-6-7-21-18(23)15-9-12-3-5-13(15)8-12/h2-5,10,12-13,15H,6-9H2,1H3,(H,20,22)(H,21,23)/t12-,13-,15-/m0/s1. The zero-order valence-electron chi connectivity index (χ0n) is 13.1. The molecule has 5 heteroatoms. The average molecular weight is 316 g/mol. The zero-order valence-corrected chi connectivity index (χ0v) is 13.1. The molecule has 122 valence electrons. The van der Waals surface area contributed by atoms with Gasteiger partial charge in [-0.15, -0.1) is 0 Å². The highest BCUT2D eigenvalue weighted by Gasteiger charge is 2.39. The number of rotatable bonds is 5. The summed E-state index contributed by atoms with van der Waals surface area (Å²) in [4.78, 5) is 24.0. The summed E-state index contributed by atoms with van der Waals surface area (Å²) in [5, 5.41) is 5.57. The first-order valence-corrected chi connectivity index (χ1v) is 8.05. The first-order chi connectivity index (χ1) is 11.0. The van der Waals surface area contributed by atoms with E-state index >= 15 is 0 Å². The Balaban J connectivity index is 1.41. The molecule has 1 aromatic carbocycles. The second-order valence-electron chi connectivity index (χ2n) is 6.40. The van der Waals surface area contributed by atoms with Gasteiger partial charge in [0.1, 0.15) is 5.82 Å². The number of carbonyl (C=O) groups excluding carboxylic acids is 2. The molecule has 3 atom stereocenters. The Kier molecular flexibility index (Phi) is 4.46. The quantitative estimate of drug-likeness (QED) is 0.646. The molecule has 1 fully saturated rings. The number of hydrogen-bond donors (Lipinski definition) is 2. The number of allylic oxidation sites excluding steroid dienone is 2. The molecule has 0 spiro atoms. The first kappa shape index (κ1) is 15.7. The van der Waals surface area contributed by atoms with Crippen molar-refractivity contribution < 1.29 is 14.0 Å². The molecule has 1 saturated carbocycles. The van der Waals surface area contributed by atoms with Crippen LogP contribution in [0.5, 0.6) is 0 Å². The third-order valence-corrected chi connectivity index (χ3v) is 4.76. The van der Waals surface area contributed by atoms with Gasteiger partial charge in [0, 0.05) is 24.6 Å². The number of fused-ring (bicyclic) bond motifs is 2. The van der Waals surface area contributed by atoms with E-state index in [2.05, 4.69) is 22.8 Å². The van der Waals surface area contributed by atoms with Crippen LogP contribution in [0.3, 0.4) is 0 Å². The van der Waals surface area contributed by atoms with Gasteiger partial charge in [0.05, 0.1) is 0 Å². The van der Waals surface area contributed by atoms with Gasteiger partial charge in [-0.1, -0.05) is 18.2 Å². The lowest BCUT2D eigenvalue weighted by Gasteiger charge is -2.17. The molecule has 2 aliphatic rings. The smallest absolute Gasteiger partial charge is 0.251 e. The number of aryl methyl sites for hydroxylation is 1. The van der Waals surface area contributed by atoms with Crippen molar-refractivity contribution in [1.82, 2.24) is 10.6 Å². The lowest BCUT2D eigenvalue weighted by molar-refractivity contribution is -0.125. The van der Waals surface area contributed by atoms with Crippen LogP contribution >= 0.6 is 0 Å². The topological polar surface area (TPSA) is 58.2 Å². The number of halogens is 1. The second kappa shape index (κ2) is 6.52. The summed E-state index contributed by atoms with van der Waals surface area (Å²) < 4.78 is 13.4. The van der Waals surface area contributed by atoms with Gasteiger partial charge in [-0.05, 0) is 49.3 Å². The van der Waals surface area contributed by atoms with Gasteiger partial charge < -0.3 is 10.6 Å². The SMILES string of the molecule is Cc1ccc(C(=O)NCCNC(=O)[C@H]2C[C@H]3C=C[C@H]2C3)cc1F. The fraction of sp³-hybridized carbons (Fsp3) is 0.444. The Morgan fingerprint density at radius 1 is 1.17 bits per heavy atom. The number of carbonyl (C=O) groups is 2.